The molecule has 0 aliphatic carbocycles. The fraction of sp³-hybridized carbons (Fsp3) is 0.500. The van der Waals surface area contributed by atoms with Crippen molar-refractivity contribution in [2.75, 3.05) is 6.61 Å². The second-order valence-corrected chi connectivity index (χ2v) is 2.50. The maximum Gasteiger partial charge on any atom is 0.302 e. The molecular weight excluding hydrogens is 152 g/mol. The molecule has 0 bridgehead atoms. The first-order valence-corrected chi connectivity index (χ1v) is 4.18. The van der Waals surface area contributed by atoms with Crippen LogP contribution in [0.15, 0.2) is 24.8 Å². The highest BCUT2D eigenvalue weighted by Gasteiger charge is 1.90. The Hall–Kier alpha value is -1.05. The van der Waals surface area contributed by atoms with Gasteiger partial charge in [-0.15, -0.1) is 0 Å². The number of carbonyl (C=O) groups is 1. The standard InChI is InChI=1S/C10H16O2/c1-3-4-5-6-7-8-9-12-10(2)11/h3-5H,1,6-9H2,2H3/b5-4+. The van der Waals surface area contributed by atoms with E-state index in [1.165, 1.54) is 6.92 Å². The summed E-state index contributed by atoms with van der Waals surface area (Å²) < 4.78 is 4.77. The molecule has 0 unspecified atom stereocenters. The summed E-state index contributed by atoms with van der Waals surface area (Å²) in [5.41, 5.74) is 0. The van der Waals surface area contributed by atoms with Crippen molar-refractivity contribution in [3.05, 3.63) is 24.8 Å². The predicted octanol–water partition coefficient (Wildman–Crippen LogP) is 2.46. The first kappa shape index (κ1) is 11.0. The van der Waals surface area contributed by atoms with E-state index in [-0.39, 0.29) is 5.97 Å². The zero-order valence-electron chi connectivity index (χ0n) is 7.58. The van der Waals surface area contributed by atoms with Gasteiger partial charge in [0.05, 0.1) is 6.61 Å². The van der Waals surface area contributed by atoms with Crippen molar-refractivity contribution in [3.8, 4) is 0 Å². The van der Waals surface area contributed by atoms with E-state index in [9.17, 15) is 4.79 Å². The van der Waals surface area contributed by atoms with Crippen LogP contribution in [0, 0.1) is 0 Å². The average molecular weight is 168 g/mol. The van der Waals surface area contributed by atoms with Gasteiger partial charge in [-0.1, -0.05) is 24.8 Å². The van der Waals surface area contributed by atoms with Gasteiger partial charge < -0.3 is 4.74 Å². The molecule has 2 nitrogen and oxygen atoms in total. The molecule has 2 heteroatoms. The van der Waals surface area contributed by atoms with Gasteiger partial charge in [0.2, 0.25) is 0 Å². The molecule has 0 aromatic carbocycles. The third kappa shape index (κ3) is 8.95. The quantitative estimate of drug-likeness (QED) is 0.346. The summed E-state index contributed by atoms with van der Waals surface area (Å²) in [5, 5.41) is 0. The minimum atomic E-state index is -0.198. The lowest BCUT2D eigenvalue weighted by Crippen LogP contribution is -1.99. The normalized spacial score (nSPS) is 10.1. The largest absolute Gasteiger partial charge is 0.466 e. The van der Waals surface area contributed by atoms with Gasteiger partial charge in [0.1, 0.15) is 0 Å². The predicted molar refractivity (Wildman–Crippen MR) is 49.8 cm³/mol. The van der Waals surface area contributed by atoms with Crippen LogP contribution in [0.4, 0.5) is 0 Å². The third-order valence-electron chi connectivity index (χ3n) is 1.34. The molecule has 0 atom stereocenters. The maximum atomic E-state index is 10.3. The lowest BCUT2D eigenvalue weighted by molar-refractivity contribution is -0.141. The van der Waals surface area contributed by atoms with Gasteiger partial charge in [-0.05, 0) is 19.3 Å². The van der Waals surface area contributed by atoms with E-state index in [1.54, 1.807) is 6.08 Å². The van der Waals surface area contributed by atoms with Crippen molar-refractivity contribution < 1.29 is 9.53 Å². The molecule has 12 heavy (non-hydrogen) atoms. The Morgan fingerprint density at radius 1 is 1.50 bits per heavy atom. The van der Waals surface area contributed by atoms with Crippen molar-refractivity contribution in [1.29, 1.82) is 0 Å². The van der Waals surface area contributed by atoms with Crippen LogP contribution < -0.4 is 0 Å². The molecule has 0 amide bonds. The number of unbranched alkanes of at least 4 members (excludes halogenated alkanes) is 2. The first-order valence-electron chi connectivity index (χ1n) is 4.18. The molecule has 68 valence electrons. The van der Waals surface area contributed by atoms with E-state index in [4.69, 9.17) is 4.74 Å². The Kier molecular flexibility index (Phi) is 7.35. The van der Waals surface area contributed by atoms with Crippen LogP contribution in [0.1, 0.15) is 26.2 Å². The Labute approximate surface area is 73.9 Å². The fourth-order valence-electron chi connectivity index (χ4n) is 0.773. The molecule has 0 heterocycles. The Morgan fingerprint density at radius 2 is 2.25 bits per heavy atom. The van der Waals surface area contributed by atoms with E-state index < -0.39 is 0 Å². The third-order valence-corrected chi connectivity index (χ3v) is 1.34. The average Bonchev–Trinajstić information content (AvgIpc) is 2.02. The highest BCUT2D eigenvalue weighted by Crippen LogP contribution is 1.97. The highest BCUT2D eigenvalue weighted by atomic mass is 16.5. The first-order chi connectivity index (χ1) is 5.77. The lowest BCUT2D eigenvalue weighted by atomic mass is 10.2. The van der Waals surface area contributed by atoms with Crippen LogP contribution >= 0.6 is 0 Å². The molecule has 0 saturated heterocycles. The highest BCUT2D eigenvalue weighted by molar-refractivity contribution is 5.65. The fourth-order valence-corrected chi connectivity index (χ4v) is 0.773. The second kappa shape index (κ2) is 8.05. The maximum absolute atomic E-state index is 10.3. The summed E-state index contributed by atoms with van der Waals surface area (Å²) in [6.45, 7) is 5.53. The number of esters is 1. The minimum absolute atomic E-state index is 0.198. The number of carbonyl (C=O) groups excluding carboxylic acids is 1. The van der Waals surface area contributed by atoms with Crippen LogP contribution in [-0.2, 0) is 9.53 Å². The van der Waals surface area contributed by atoms with E-state index in [0.717, 1.165) is 19.3 Å². The monoisotopic (exact) mass is 168 g/mol. The van der Waals surface area contributed by atoms with Crippen LogP contribution in [0.5, 0.6) is 0 Å². The smallest absolute Gasteiger partial charge is 0.302 e. The number of allylic oxidation sites excluding steroid dienone is 3. The molecule has 0 aromatic heterocycles. The zero-order valence-corrected chi connectivity index (χ0v) is 7.58. The van der Waals surface area contributed by atoms with E-state index in [1.807, 2.05) is 6.08 Å². The molecule has 0 aliphatic heterocycles. The molecule has 0 radical (unpaired) electrons. The molecule has 0 saturated carbocycles. The Bertz CT molecular complexity index is 159. The molecule has 0 aliphatic rings. The van der Waals surface area contributed by atoms with Crippen molar-refractivity contribution in [2.24, 2.45) is 0 Å². The Balaban J connectivity index is 3.05. The van der Waals surface area contributed by atoms with Crippen molar-refractivity contribution in [2.45, 2.75) is 26.2 Å². The number of hydrogen-bond acceptors (Lipinski definition) is 2. The summed E-state index contributed by atoms with van der Waals surface area (Å²) in [6, 6.07) is 0. The van der Waals surface area contributed by atoms with Gasteiger partial charge in [0.15, 0.2) is 0 Å². The number of ether oxygens (including phenoxy) is 1. The van der Waals surface area contributed by atoms with E-state index in [0.29, 0.717) is 6.61 Å². The molecule has 0 fully saturated rings. The molecule has 0 spiro atoms. The number of rotatable bonds is 6. The van der Waals surface area contributed by atoms with Crippen LogP contribution in [0.3, 0.4) is 0 Å². The summed E-state index contributed by atoms with van der Waals surface area (Å²) in [7, 11) is 0. The van der Waals surface area contributed by atoms with Gasteiger partial charge >= 0.3 is 5.97 Å². The van der Waals surface area contributed by atoms with E-state index >= 15 is 0 Å². The molecule has 0 N–H and O–H groups in total. The summed E-state index contributed by atoms with van der Waals surface area (Å²) in [5.74, 6) is -0.198. The van der Waals surface area contributed by atoms with Gasteiger partial charge in [-0.2, -0.15) is 0 Å². The van der Waals surface area contributed by atoms with Crippen molar-refractivity contribution in [1.82, 2.24) is 0 Å². The Morgan fingerprint density at radius 3 is 2.83 bits per heavy atom. The lowest BCUT2D eigenvalue weighted by Gasteiger charge is -1.98. The summed E-state index contributed by atoms with van der Waals surface area (Å²) >= 11 is 0. The van der Waals surface area contributed by atoms with Gasteiger partial charge in [0, 0.05) is 6.92 Å². The van der Waals surface area contributed by atoms with Gasteiger partial charge in [0.25, 0.3) is 0 Å². The van der Waals surface area contributed by atoms with Crippen LogP contribution in [0.25, 0.3) is 0 Å². The number of hydrogen-bond donors (Lipinski definition) is 0. The molecule has 0 rings (SSSR count). The second-order valence-electron chi connectivity index (χ2n) is 2.50. The topological polar surface area (TPSA) is 26.3 Å². The van der Waals surface area contributed by atoms with Gasteiger partial charge in [-0.3, -0.25) is 4.79 Å². The minimum Gasteiger partial charge on any atom is -0.466 e. The SMILES string of the molecule is C=C/C=C/CCCCOC(C)=O. The molecule has 0 aromatic rings. The summed E-state index contributed by atoms with van der Waals surface area (Å²) in [4.78, 5) is 10.3. The van der Waals surface area contributed by atoms with E-state index in [2.05, 4.69) is 12.7 Å². The van der Waals surface area contributed by atoms with Crippen molar-refractivity contribution >= 4 is 5.97 Å². The van der Waals surface area contributed by atoms with Gasteiger partial charge in [-0.25, -0.2) is 0 Å². The molecular formula is C10H16O2. The van der Waals surface area contributed by atoms with Crippen LogP contribution in [0.2, 0.25) is 0 Å². The van der Waals surface area contributed by atoms with Crippen molar-refractivity contribution in [3.63, 3.8) is 0 Å². The summed E-state index contributed by atoms with van der Waals surface area (Å²) in [6.07, 6.45) is 8.74. The zero-order chi connectivity index (χ0) is 9.23. The van der Waals surface area contributed by atoms with Crippen LogP contribution in [-0.4, -0.2) is 12.6 Å².